The van der Waals surface area contributed by atoms with E-state index in [-0.39, 0.29) is 16.2 Å². The first-order chi connectivity index (χ1) is 21.3. The van der Waals surface area contributed by atoms with Gasteiger partial charge in [-0.1, -0.05) is 94.1 Å². The van der Waals surface area contributed by atoms with Gasteiger partial charge in [-0.3, -0.25) is 0 Å². The molecule has 2 heteroatoms. The van der Waals surface area contributed by atoms with E-state index < -0.39 is 0 Å². The van der Waals surface area contributed by atoms with Gasteiger partial charge in [0, 0.05) is 26.5 Å². The van der Waals surface area contributed by atoms with Crippen LogP contribution in [0.1, 0.15) is 88.5 Å². The van der Waals surface area contributed by atoms with Crippen LogP contribution in [-0.2, 0) is 16.2 Å². The van der Waals surface area contributed by atoms with E-state index in [9.17, 15) is 0 Å². The molecule has 0 amide bonds. The van der Waals surface area contributed by atoms with Gasteiger partial charge in [-0.15, -0.1) is 0 Å². The Hall–Kier alpha value is -2.97. The highest BCUT2D eigenvalue weighted by atomic mass is 32.2. The third-order valence-electron chi connectivity index (χ3n) is 13.8. The lowest BCUT2D eigenvalue weighted by atomic mass is 9.26. The molecule has 1 nitrogen and oxygen atoms in total. The molecule has 4 saturated carbocycles. The normalized spacial score (nSPS) is 33.8. The zero-order valence-electron chi connectivity index (χ0n) is 26.6. The van der Waals surface area contributed by atoms with E-state index in [0.29, 0.717) is 5.41 Å². The first-order valence-corrected chi connectivity index (χ1v) is 18.0. The van der Waals surface area contributed by atoms with Gasteiger partial charge in [-0.2, -0.15) is 0 Å². The summed E-state index contributed by atoms with van der Waals surface area (Å²) in [5.41, 5.74) is 11.4. The largest absolute Gasteiger partial charge is 0.310 e. The Balaban J connectivity index is 1.27. The predicted octanol–water partition coefficient (Wildman–Crippen LogP) is 11.3. The summed E-state index contributed by atoms with van der Waals surface area (Å²) < 4.78 is 0. The molecule has 10 rings (SSSR count). The second-order valence-electron chi connectivity index (χ2n) is 16.4. The zero-order valence-corrected chi connectivity index (χ0v) is 27.4. The van der Waals surface area contributed by atoms with Crippen LogP contribution >= 0.6 is 11.8 Å². The fourth-order valence-electron chi connectivity index (χ4n) is 12.2. The van der Waals surface area contributed by atoms with Gasteiger partial charge in [-0.25, -0.2) is 0 Å². The van der Waals surface area contributed by atoms with Crippen molar-refractivity contribution in [2.24, 2.45) is 29.1 Å². The summed E-state index contributed by atoms with van der Waals surface area (Å²) in [7, 11) is 0. The van der Waals surface area contributed by atoms with E-state index in [1.165, 1.54) is 70.9 Å². The van der Waals surface area contributed by atoms with E-state index in [1.807, 2.05) is 11.8 Å². The van der Waals surface area contributed by atoms with Crippen LogP contribution in [0.15, 0.2) is 101 Å². The van der Waals surface area contributed by atoms with Crippen LogP contribution in [0.2, 0.25) is 0 Å². The van der Waals surface area contributed by atoms with E-state index in [4.69, 9.17) is 0 Å². The molecule has 0 N–H and O–H groups in total. The maximum Gasteiger partial charge on any atom is 0.0514 e. The van der Waals surface area contributed by atoms with Crippen molar-refractivity contribution in [3.05, 3.63) is 113 Å². The van der Waals surface area contributed by atoms with Crippen LogP contribution in [0.4, 0.5) is 17.1 Å². The maximum atomic E-state index is 2.70. The highest BCUT2D eigenvalue weighted by Gasteiger charge is 2.84. The summed E-state index contributed by atoms with van der Waals surface area (Å²) in [6.07, 6.45) is 8.29. The third kappa shape index (κ3) is 2.96. The molecule has 2 spiro atoms. The van der Waals surface area contributed by atoms with Crippen LogP contribution in [0.25, 0.3) is 0 Å². The highest BCUT2D eigenvalue weighted by molar-refractivity contribution is 7.99. The molecule has 222 valence electrons. The topological polar surface area (TPSA) is 3.24 Å². The Bertz CT molecular complexity index is 1850. The van der Waals surface area contributed by atoms with Gasteiger partial charge in [0.15, 0.2) is 0 Å². The van der Waals surface area contributed by atoms with Crippen molar-refractivity contribution >= 4 is 28.8 Å². The fourth-order valence-corrected chi connectivity index (χ4v) is 13.4. The van der Waals surface area contributed by atoms with Gasteiger partial charge < -0.3 is 4.90 Å². The standard InChI is InChI=1S/C42H43NS/c1-39(2)20-21-40(3,4)37-30(39)15-10-16-31(37)43(28-12-6-5-7-13-28)32-17-11-19-34-38(32)42(29-14-8-9-18-33(29)44-34)35-23-26-22-27-24-36(42)41(27,35)25-26/h5-19,26-27,35-36H,20-25H2,1-4H3. The first kappa shape index (κ1) is 26.3. The van der Waals surface area contributed by atoms with Crippen molar-refractivity contribution in [1.82, 2.24) is 0 Å². The number of anilines is 3. The average molecular weight is 594 g/mol. The second-order valence-corrected chi connectivity index (χ2v) is 17.5. The lowest BCUT2D eigenvalue weighted by Gasteiger charge is -2.78. The van der Waals surface area contributed by atoms with Crippen molar-refractivity contribution in [2.45, 2.75) is 92.3 Å². The Labute approximate surface area is 267 Å². The second kappa shape index (κ2) is 8.43. The third-order valence-corrected chi connectivity index (χ3v) is 14.9. The summed E-state index contributed by atoms with van der Waals surface area (Å²) in [6.45, 7) is 9.89. The summed E-state index contributed by atoms with van der Waals surface area (Å²) in [5, 5.41) is 0. The van der Waals surface area contributed by atoms with E-state index in [2.05, 4.69) is 124 Å². The zero-order chi connectivity index (χ0) is 29.6. The molecule has 44 heavy (non-hydrogen) atoms. The molecule has 2 bridgehead atoms. The van der Waals surface area contributed by atoms with Crippen LogP contribution in [0, 0.1) is 29.1 Å². The average Bonchev–Trinajstić information content (AvgIpc) is 3.55. The van der Waals surface area contributed by atoms with Gasteiger partial charge in [0.1, 0.15) is 0 Å². The molecule has 1 heterocycles. The molecular formula is C42H43NS. The Kier molecular flexibility index (Phi) is 5.03. The molecule has 4 aromatic rings. The summed E-state index contributed by atoms with van der Waals surface area (Å²) in [6, 6.07) is 35.3. The maximum absolute atomic E-state index is 2.70. The van der Waals surface area contributed by atoms with Crippen molar-refractivity contribution in [2.75, 3.05) is 4.90 Å². The number of benzene rings is 4. The molecule has 5 aliphatic carbocycles. The van der Waals surface area contributed by atoms with Gasteiger partial charge in [0.25, 0.3) is 0 Å². The van der Waals surface area contributed by atoms with Gasteiger partial charge in [0.05, 0.1) is 11.4 Å². The van der Waals surface area contributed by atoms with Crippen molar-refractivity contribution in [3.8, 4) is 0 Å². The van der Waals surface area contributed by atoms with Crippen LogP contribution in [0.5, 0.6) is 0 Å². The lowest BCUT2D eigenvalue weighted by Crippen LogP contribution is -2.74. The Morgan fingerprint density at radius 1 is 0.614 bits per heavy atom. The first-order valence-electron chi connectivity index (χ1n) is 17.2. The molecule has 0 radical (unpaired) electrons. The van der Waals surface area contributed by atoms with Gasteiger partial charge in [0.2, 0.25) is 0 Å². The number of hydrogen-bond donors (Lipinski definition) is 0. The predicted molar refractivity (Wildman–Crippen MR) is 183 cm³/mol. The molecule has 4 fully saturated rings. The number of rotatable bonds is 3. The van der Waals surface area contributed by atoms with Crippen LogP contribution in [0.3, 0.4) is 0 Å². The summed E-state index contributed by atoms with van der Waals surface area (Å²) in [4.78, 5) is 5.70. The van der Waals surface area contributed by atoms with E-state index in [1.54, 1.807) is 16.7 Å². The van der Waals surface area contributed by atoms with Gasteiger partial charge in [-0.05, 0) is 132 Å². The number of nitrogens with zero attached hydrogens (tertiary/aromatic N) is 1. The van der Waals surface area contributed by atoms with Crippen molar-refractivity contribution < 1.29 is 0 Å². The molecule has 0 aromatic heterocycles. The summed E-state index contributed by atoms with van der Waals surface area (Å²) in [5.74, 6) is 3.48. The number of fused-ring (bicyclic) bond motifs is 8. The minimum Gasteiger partial charge on any atom is -0.310 e. The molecular weight excluding hydrogens is 551 g/mol. The van der Waals surface area contributed by atoms with Crippen LogP contribution in [-0.4, -0.2) is 0 Å². The molecule has 4 aromatic carbocycles. The highest BCUT2D eigenvalue weighted by Crippen LogP contribution is 2.89. The van der Waals surface area contributed by atoms with E-state index >= 15 is 0 Å². The molecule has 6 aliphatic rings. The monoisotopic (exact) mass is 593 g/mol. The fraction of sp³-hybridized carbons (Fsp3) is 0.429. The molecule has 6 unspecified atom stereocenters. The van der Waals surface area contributed by atoms with Crippen LogP contribution < -0.4 is 4.90 Å². The SMILES string of the molecule is CC1(C)CCC(C)(C)c2c(N(c3ccccc3)c3cccc4c3C3(c5ccccc5S4)C4CC5CC6CC3C64C5)cccc21. The molecule has 1 aliphatic heterocycles. The molecule has 0 saturated heterocycles. The van der Waals surface area contributed by atoms with Crippen molar-refractivity contribution in [3.63, 3.8) is 0 Å². The lowest BCUT2D eigenvalue weighted by molar-refractivity contribution is -0.234. The minimum atomic E-state index is 0.106. The quantitative estimate of drug-likeness (QED) is 0.232. The summed E-state index contributed by atoms with van der Waals surface area (Å²) >= 11 is 2.03. The molecule has 6 atom stereocenters. The van der Waals surface area contributed by atoms with E-state index in [0.717, 1.165) is 23.7 Å². The van der Waals surface area contributed by atoms with Gasteiger partial charge >= 0.3 is 0 Å². The number of hydrogen-bond acceptors (Lipinski definition) is 2. The smallest absolute Gasteiger partial charge is 0.0514 e. The number of para-hydroxylation sites is 1. The Morgan fingerprint density at radius 3 is 2.09 bits per heavy atom. The Morgan fingerprint density at radius 2 is 1.27 bits per heavy atom. The van der Waals surface area contributed by atoms with Crippen molar-refractivity contribution in [1.29, 1.82) is 0 Å². The minimum absolute atomic E-state index is 0.106.